The predicted octanol–water partition coefficient (Wildman–Crippen LogP) is 4.51. The molecule has 1 spiro atoms. The number of hydrogen-bond donors (Lipinski definition) is 0. The van der Waals surface area contributed by atoms with Gasteiger partial charge in [0, 0.05) is 17.9 Å². The molecule has 0 bridgehead atoms. The number of halogens is 1. The third-order valence-electron chi connectivity index (χ3n) is 5.72. The quantitative estimate of drug-likeness (QED) is 0.699. The summed E-state index contributed by atoms with van der Waals surface area (Å²) in [5.74, 6) is 0. The second-order valence-corrected chi connectivity index (χ2v) is 7.82. The molecule has 20 heavy (non-hydrogen) atoms. The Morgan fingerprint density at radius 3 is 2.55 bits per heavy atom. The van der Waals surface area contributed by atoms with Crippen molar-refractivity contribution >= 4 is 15.9 Å². The summed E-state index contributed by atoms with van der Waals surface area (Å²) in [4.78, 5) is 2.72. The number of rotatable bonds is 3. The zero-order valence-electron chi connectivity index (χ0n) is 12.8. The molecule has 0 N–H and O–H groups in total. The summed E-state index contributed by atoms with van der Waals surface area (Å²) < 4.78 is 6.57. The van der Waals surface area contributed by atoms with E-state index in [-0.39, 0.29) is 0 Å². The lowest BCUT2D eigenvalue weighted by Gasteiger charge is -2.35. The summed E-state index contributed by atoms with van der Waals surface area (Å²) in [7, 11) is 0. The normalized spacial score (nSPS) is 35.2. The van der Waals surface area contributed by atoms with Crippen LogP contribution in [0.1, 0.15) is 70.6 Å². The maximum absolute atomic E-state index is 6.57. The van der Waals surface area contributed by atoms with Crippen LogP contribution in [-0.2, 0) is 4.74 Å². The highest BCUT2D eigenvalue weighted by atomic mass is 79.9. The molecule has 2 unspecified atom stereocenters. The van der Waals surface area contributed by atoms with E-state index in [9.17, 15) is 0 Å². The summed E-state index contributed by atoms with van der Waals surface area (Å²) in [5.41, 5.74) is 0.290. The van der Waals surface area contributed by atoms with E-state index >= 15 is 0 Å². The van der Waals surface area contributed by atoms with Crippen LogP contribution in [0.3, 0.4) is 0 Å². The van der Waals surface area contributed by atoms with Gasteiger partial charge in [0.05, 0.1) is 11.7 Å². The number of nitrogens with zero attached hydrogens (tertiary/aromatic N) is 1. The van der Waals surface area contributed by atoms with Gasteiger partial charge in [-0.2, -0.15) is 0 Å². The maximum atomic E-state index is 6.57. The molecule has 0 radical (unpaired) electrons. The molecule has 3 heteroatoms. The Hall–Kier alpha value is 0.400. The summed E-state index contributed by atoms with van der Waals surface area (Å²) in [6.07, 6.45) is 15.5. The lowest BCUT2D eigenvalue weighted by molar-refractivity contribution is -0.0739. The van der Waals surface area contributed by atoms with E-state index in [0.717, 1.165) is 11.4 Å². The topological polar surface area (TPSA) is 12.5 Å². The van der Waals surface area contributed by atoms with Crippen LogP contribution in [0.5, 0.6) is 0 Å². The Morgan fingerprint density at radius 2 is 1.75 bits per heavy atom. The highest BCUT2D eigenvalue weighted by Crippen LogP contribution is 2.42. The Morgan fingerprint density at radius 1 is 0.950 bits per heavy atom. The molecule has 2 atom stereocenters. The third kappa shape index (κ3) is 3.59. The first-order valence-corrected chi connectivity index (χ1v) is 9.91. The number of hydrogen-bond acceptors (Lipinski definition) is 2. The zero-order chi connectivity index (χ0) is 13.8. The van der Waals surface area contributed by atoms with E-state index in [1.165, 1.54) is 83.7 Å². The highest BCUT2D eigenvalue weighted by molar-refractivity contribution is 9.09. The van der Waals surface area contributed by atoms with Crippen LogP contribution in [0.2, 0.25) is 0 Å². The fourth-order valence-corrected chi connectivity index (χ4v) is 5.23. The highest BCUT2D eigenvalue weighted by Gasteiger charge is 2.41. The molecule has 2 saturated heterocycles. The van der Waals surface area contributed by atoms with Crippen molar-refractivity contribution in [2.24, 2.45) is 0 Å². The average molecular weight is 344 g/mol. The van der Waals surface area contributed by atoms with Crippen LogP contribution in [-0.4, -0.2) is 41.1 Å². The summed E-state index contributed by atoms with van der Waals surface area (Å²) in [6.45, 7) is 2.46. The molecule has 3 rings (SSSR count). The Balaban J connectivity index is 1.54. The third-order valence-corrected chi connectivity index (χ3v) is 6.47. The van der Waals surface area contributed by atoms with Gasteiger partial charge in [-0.05, 0) is 45.1 Å². The van der Waals surface area contributed by atoms with Crippen molar-refractivity contribution < 1.29 is 4.74 Å². The van der Waals surface area contributed by atoms with Crippen LogP contribution in [0.25, 0.3) is 0 Å². The van der Waals surface area contributed by atoms with Gasteiger partial charge in [-0.25, -0.2) is 0 Å². The van der Waals surface area contributed by atoms with Gasteiger partial charge >= 0.3 is 0 Å². The second kappa shape index (κ2) is 7.11. The molecule has 1 aliphatic carbocycles. The van der Waals surface area contributed by atoms with E-state index in [1.54, 1.807) is 0 Å². The summed E-state index contributed by atoms with van der Waals surface area (Å²) in [6, 6.07) is 0.740. The molecule has 0 aromatic heterocycles. The second-order valence-electron chi connectivity index (χ2n) is 7.17. The molecule has 2 nitrogen and oxygen atoms in total. The molecule has 0 aromatic carbocycles. The van der Waals surface area contributed by atoms with Gasteiger partial charge in [-0.1, -0.05) is 48.0 Å². The van der Waals surface area contributed by atoms with Crippen molar-refractivity contribution in [2.45, 2.75) is 88.4 Å². The van der Waals surface area contributed by atoms with Crippen molar-refractivity contribution in [2.75, 3.05) is 18.4 Å². The lowest BCUT2D eigenvalue weighted by Crippen LogP contribution is -2.42. The number of likely N-dealkylation sites (tertiary alicyclic amines) is 1. The molecule has 0 amide bonds. The van der Waals surface area contributed by atoms with Crippen molar-refractivity contribution in [1.82, 2.24) is 4.90 Å². The minimum Gasteiger partial charge on any atom is -0.370 e. The van der Waals surface area contributed by atoms with Crippen molar-refractivity contribution in [1.29, 1.82) is 0 Å². The summed E-state index contributed by atoms with van der Waals surface area (Å²) in [5, 5.41) is 1.13. The minimum atomic E-state index is 0.290. The van der Waals surface area contributed by atoms with Gasteiger partial charge in [0.2, 0.25) is 0 Å². The fraction of sp³-hybridized carbons (Fsp3) is 1.00. The number of ether oxygens (including phenoxy) is 1. The van der Waals surface area contributed by atoms with Crippen LogP contribution < -0.4 is 0 Å². The lowest BCUT2D eigenvalue weighted by atomic mass is 9.83. The first-order valence-electron chi connectivity index (χ1n) is 8.79. The summed E-state index contributed by atoms with van der Waals surface area (Å²) >= 11 is 3.72. The van der Waals surface area contributed by atoms with E-state index in [4.69, 9.17) is 4.74 Å². The average Bonchev–Trinajstić information content (AvgIpc) is 2.71. The van der Waals surface area contributed by atoms with Crippen LogP contribution in [0.4, 0.5) is 0 Å². The maximum Gasteiger partial charge on any atom is 0.0710 e. The molecular formula is C17H30BrNO. The Bertz CT molecular complexity index is 303. The molecule has 2 heterocycles. The molecule has 2 aliphatic heterocycles. The number of alkyl halides is 1. The van der Waals surface area contributed by atoms with Crippen molar-refractivity contribution in [3.8, 4) is 0 Å². The molecule has 0 aromatic rings. The minimum absolute atomic E-state index is 0.290. The molecular weight excluding hydrogens is 314 g/mol. The van der Waals surface area contributed by atoms with E-state index in [2.05, 4.69) is 20.8 Å². The van der Waals surface area contributed by atoms with Crippen molar-refractivity contribution in [3.63, 3.8) is 0 Å². The first kappa shape index (κ1) is 15.3. The van der Waals surface area contributed by atoms with Gasteiger partial charge < -0.3 is 4.74 Å². The van der Waals surface area contributed by atoms with Gasteiger partial charge in [0.15, 0.2) is 0 Å². The van der Waals surface area contributed by atoms with Crippen LogP contribution in [0.15, 0.2) is 0 Å². The Kier molecular flexibility index (Phi) is 5.44. The Labute approximate surface area is 132 Å². The SMILES string of the molecule is BrCC1CCCCCN1CC1CCC2(CCCCC2)O1. The molecule has 116 valence electrons. The molecule has 3 aliphatic rings. The first-order chi connectivity index (χ1) is 9.81. The molecule has 3 fully saturated rings. The zero-order valence-corrected chi connectivity index (χ0v) is 14.4. The van der Waals surface area contributed by atoms with E-state index in [0.29, 0.717) is 11.7 Å². The molecule has 1 saturated carbocycles. The van der Waals surface area contributed by atoms with E-state index < -0.39 is 0 Å². The fourth-order valence-electron chi connectivity index (χ4n) is 4.50. The van der Waals surface area contributed by atoms with Crippen LogP contribution in [0, 0.1) is 0 Å². The predicted molar refractivity (Wildman–Crippen MR) is 87.5 cm³/mol. The van der Waals surface area contributed by atoms with Gasteiger partial charge in [0.1, 0.15) is 0 Å². The van der Waals surface area contributed by atoms with Gasteiger partial charge in [-0.15, -0.1) is 0 Å². The standard InChI is InChI=1S/C17H30BrNO/c18-13-15-7-3-1-6-12-19(15)14-16-8-11-17(20-16)9-4-2-5-10-17/h15-16H,1-14H2. The van der Waals surface area contributed by atoms with Crippen LogP contribution >= 0.6 is 15.9 Å². The van der Waals surface area contributed by atoms with E-state index in [1.807, 2.05) is 0 Å². The smallest absolute Gasteiger partial charge is 0.0710 e. The monoisotopic (exact) mass is 343 g/mol. The van der Waals surface area contributed by atoms with Gasteiger partial charge in [0.25, 0.3) is 0 Å². The van der Waals surface area contributed by atoms with Gasteiger partial charge in [-0.3, -0.25) is 4.90 Å². The van der Waals surface area contributed by atoms with Crippen molar-refractivity contribution in [3.05, 3.63) is 0 Å². The largest absolute Gasteiger partial charge is 0.370 e.